The van der Waals surface area contributed by atoms with Crippen molar-refractivity contribution in [2.45, 2.75) is 30.6 Å². The Morgan fingerprint density at radius 3 is 2.35 bits per heavy atom. The third-order valence-corrected chi connectivity index (χ3v) is 6.31. The van der Waals surface area contributed by atoms with Gasteiger partial charge in [0.05, 0.1) is 10.5 Å². The highest BCUT2D eigenvalue weighted by molar-refractivity contribution is 7.89. The summed E-state index contributed by atoms with van der Waals surface area (Å²) in [6, 6.07) is 11.7. The van der Waals surface area contributed by atoms with Gasteiger partial charge in [-0.15, -0.1) is 0 Å². The predicted molar refractivity (Wildman–Crippen MR) is 98.0 cm³/mol. The summed E-state index contributed by atoms with van der Waals surface area (Å²) in [6.45, 7) is 1.02. The molecule has 0 saturated carbocycles. The van der Waals surface area contributed by atoms with Crippen LogP contribution in [0.2, 0.25) is 0 Å². The SMILES string of the molecule is O=C(Nc1cccc(S(=O)(=O)N2CCCCCC2)c1)c1ccccc1F. The highest BCUT2D eigenvalue weighted by Crippen LogP contribution is 2.23. The topological polar surface area (TPSA) is 66.5 Å². The number of benzene rings is 2. The van der Waals surface area contributed by atoms with Gasteiger partial charge in [-0.05, 0) is 43.2 Å². The van der Waals surface area contributed by atoms with E-state index >= 15 is 0 Å². The lowest BCUT2D eigenvalue weighted by Crippen LogP contribution is -2.32. The molecule has 1 aliphatic heterocycles. The van der Waals surface area contributed by atoms with E-state index in [2.05, 4.69) is 5.32 Å². The van der Waals surface area contributed by atoms with Crippen molar-refractivity contribution in [1.82, 2.24) is 4.31 Å². The minimum absolute atomic E-state index is 0.0896. The molecule has 0 unspecified atom stereocenters. The number of halogens is 1. The summed E-state index contributed by atoms with van der Waals surface area (Å²) in [5.74, 6) is -1.24. The van der Waals surface area contributed by atoms with Crippen LogP contribution in [0.15, 0.2) is 53.4 Å². The molecular formula is C19H21FN2O3S. The zero-order valence-corrected chi connectivity index (χ0v) is 15.1. The van der Waals surface area contributed by atoms with Crippen molar-refractivity contribution in [2.24, 2.45) is 0 Å². The second-order valence-corrected chi connectivity index (χ2v) is 8.22. The molecule has 1 N–H and O–H groups in total. The summed E-state index contributed by atoms with van der Waals surface area (Å²) in [6.07, 6.45) is 3.77. The molecule has 26 heavy (non-hydrogen) atoms. The van der Waals surface area contributed by atoms with E-state index in [4.69, 9.17) is 0 Å². The van der Waals surface area contributed by atoms with Gasteiger partial charge < -0.3 is 5.32 Å². The van der Waals surface area contributed by atoms with Crippen LogP contribution in [0.4, 0.5) is 10.1 Å². The molecule has 0 aromatic heterocycles. The molecule has 1 saturated heterocycles. The van der Waals surface area contributed by atoms with Gasteiger partial charge in [0.1, 0.15) is 5.82 Å². The monoisotopic (exact) mass is 376 g/mol. The highest BCUT2D eigenvalue weighted by Gasteiger charge is 2.25. The van der Waals surface area contributed by atoms with Gasteiger partial charge in [-0.2, -0.15) is 4.31 Å². The summed E-state index contributed by atoms with van der Waals surface area (Å²) in [7, 11) is -3.61. The van der Waals surface area contributed by atoms with E-state index in [1.54, 1.807) is 18.2 Å². The Hall–Kier alpha value is -2.25. The molecule has 1 aliphatic rings. The maximum absolute atomic E-state index is 13.7. The molecule has 1 amide bonds. The molecule has 3 rings (SSSR count). The lowest BCUT2D eigenvalue weighted by atomic mass is 10.2. The fourth-order valence-electron chi connectivity index (χ4n) is 3.01. The lowest BCUT2D eigenvalue weighted by molar-refractivity contribution is 0.102. The first-order chi connectivity index (χ1) is 12.5. The summed E-state index contributed by atoms with van der Waals surface area (Å²) in [5, 5.41) is 2.56. The van der Waals surface area contributed by atoms with Gasteiger partial charge in [-0.3, -0.25) is 4.79 Å². The maximum atomic E-state index is 13.7. The van der Waals surface area contributed by atoms with Gasteiger partial charge in [0.25, 0.3) is 5.91 Å². The first kappa shape index (κ1) is 18.5. The summed E-state index contributed by atoms with van der Waals surface area (Å²) >= 11 is 0. The molecule has 138 valence electrons. The average molecular weight is 376 g/mol. The Morgan fingerprint density at radius 1 is 0.962 bits per heavy atom. The fraction of sp³-hybridized carbons (Fsp3) is 0.316. The van der Waals surface area contributed by atoms with Crippen molar-refractivity contribution in [1.29, 1.82) is 0 Å². The number of carbonyl (C=O) groups excluding carboxylic acids is 1. The van der Waals surface area contributed by atoms with Crippen molar-refractivity contribution < 1.29 is 17.6 Å². The Bertz CT molecular complexity index is 891. The minimum atomic E-state index is -3.61. The maximum Gasteiger partial charge on any atom is 0.258 e. The smallest absolute Gasteiger partial charge is 0.258 e. The highest BCUT2D eigenvalue weighted by atomic mass is 32.2. The van der Waals surface area contributed by atoms with E-state index < -0.39 is 21.7 Å². The molecule has 2 aromatic carbocycles. The third kappa shape index (κ3) is 4.11. The zero-order chi connectivity index (χ0) is 18.6. The summed E-state index contributed by atoms with van der Waals surface area (Å²) in [4.78, 5) is 12.4. The lowest BCUT2D eigenvalue weighted by Gasteiger charge is -2.20. The first-order valence-electron chi connectivity index (χ1n) is 8.64. The minimum Gasteiger partial charge on any atom is -0.322 e. The summed E-state index contributed by atoms with van der Waals surface area (Å²) < 4.78 is 40.9. The van der Waals surface area contributed by atoms with E-state index in [-0.39, 0.29) is 10.5 Å². The molecule has 0 aliphatic carbocycles. The largest absolute Gasteiger partial charge is 0.322 e. The normalized spacial score (nSPS) is 16.0. The number of nitrogens with zero attached hydrogens (tertiary/aromatic N) is 1. The third-order valence-electron chi connectivity index (χ3n) is 4.41. The van der Waals surface area contributed by atoms with Gasteiger partial charge in [0, 0.05) is 18.8 Å². The summed E-state index contributed by atoms with van der Waals surface area (Å²) in [5.41, 5.74) is 0.224. The Balaban J connectivity index is 1.81. The number of anilines is 1. The Kier molecular flexibility index (Phi) is 5.68. The zero-order valence-electron chi connectivity index (χ0n) is 14.3. The molecular weight excluding hydrogens is 355 g/mol. The van der Waals surface area contributed by atoms with E-state index in [0.29, 0.717) is 18.8 Å². The molecule has 1 heterocycles. The van der Waals surface area contributed by atoms with Crippen molar-refractivity contribution in [3.63, 3.8) is 0 Å². The van der Waals surface area contributed by atoms with Gasteiger partial charge >= 0.3 is 0 Å². The van der Waals surface area contributed by atoms with Crippen molar-refractivity contribution in [3.8, 4) is 0 Å². The fourth-order valence-corrected chi connectivity index (χ4v) is 4.57. The molecule has 0 bridgehead atoms. The van der Waals surface area contributed by atoms with Crippen LogP contribution in [0.1, 0.15) is 36.0 Å². The Morgan fingerprint density at radius 2 is 1.65 bits per heavy atom. The van der Waals surface area contributed by atoms with Crippen LogP contribution in [-0.2, 0) is 10.0 Å². The average Bonchev–Trinajstić information content (AvgIpc) is 2.92. The molecule has 2 aromatic rings. The number of carbonyl (C=O) groups is 1. The molecule has 0 radical (unpaired) electrons. The van der Waals surface area contributed by atoms with Crippen LogP contribution < -0.4 is 5.32 Å². The molecule has 0 spiro atoms. The number of amides is 1. The second-order valence-electron chi connectivity index (χ2n) is 6.28. The molecule has 1 fully saturated rings. The van der Waals surface area contributed by atoms with Crippen molar-refractivity contribution >= 4 is 21.6 Å². The van der Waals surface area contributed by atoms with Gasteiger partial charge in [-0.1, -0.05) is 31.0 Å². The quantitative estimate of drug-likeness (QED) is 0.886. The van der Waals surface area contributed by atoms with Crippen LogP contribution in [0.25, 0.3) is 0 Å². The van der Waals surface area contributed by atoms with Gasteiger partial charge in [-0.25, -0.2) is 12.8 Å². The number of sulfonamides is 1. The van der Waals surface area contributed by atoms with Gasteiger partial charge in [0.2, 0.25) is 10.0 Å². The van der Waals surface area contributed by atoms with Crippen LogP contribution in [0.5, 0.6) is 0 Å². The molecule has 0 atom stereocenters. The van der Waals surface area contributed by atoms with E-state index in [1.165, 1.54) is 34.6 Å². The van der Waals surface area contributed by atoms with Crippen LogP contribution in [-0.4, -0.2) is 31.7 Å². The van der Waals surface area contributed by atoms with E-state index in [0.717, 1.165) is 25.7 Å². The van der Waals surface area contributed by atoms with Crippen LogP contribution in [0.3, 0.4) is 0 Å². The van der Waals surface area contributed by atoms with E-state index in [9.17, 15) is 17.6 Å². The Labute approximate surface area is 152 Å². The van der Waals surface area contributed by atoms with Crippen LogP contribution in [0, 0.1) is 5.82 Å². The predicted octanol–water partition coefficient (Wildman–Crippen LogP) is 3.64. The number of nitrogens with one attached hydrogen (secondary N) is 1. The van der Waals surface area contributed by atoms with Gasteiger partial charge in [0.15, 0.2) is 0 Å². The van der Waals surface area contributed by atoms with Crippen LogP contribution >= 0.6 is 0 Å². The number of hydrogen-bond donors (Lipinski definition) is 1. The molecule has 7 heteroatoms. The standard InChI is InChI=1S/C19H21FN2O3S/c20-18-11-4-3-10-17(18)19(23)21-15-8-7-9-16(14-15)26(24,25)22-12-5-1-2-6-13-22/h3-4,7-11,14H,1-2,5-6,12-13H2,(H,21,23). The van der Waals surface area contributed by atoms with E-state index in [1.807, 2.05) is 0 Å². The van der Waals surface area contributed by atoms with Crippen molar-refractivity contribution in [2.75, 3.05) is 18.4 Å². The van der Waals surface area contributed by atoms with Crippen molar-refractivity contribution in [3.05, 3.63) is 59.9 Å². The molecule has 5 nitrogen and oxygen atoms in total. The first-order valence-corrected chi connectivity index (χ1v) is 10.1. The second kappa shape index (κ2) is 7.97. The number of hydrogen-bond acceptors (Lipinski definition) is 3. The number of rotatable bonds is 4.